The fourth-order valence-corrected chi connectivity index (χ4v) is 1.30. The lowest BCUT2D eigenvalue weighted by Gasteiger charge is -2.12. The smallest absolute Gasteiger partial charge is 0.355 e. The SMILES string of the molecule is COC(=O)/C(=C/N(C)C)Nc1ccc(C)cc1. The van der Waals surface area contributed by atoms with Crippen LogP contribution >= 0.6 is 0 Å². The van der Waals surface area contributed by atoms with Crippen LogP contribution in [0.2, 0.25) is 0 Å². The fraction of sp³-hybridized carbons (Fsp3) is 0.308. The molecule has 4 nitrogen and oxygen atoms in total. The highest BCUT2D eigenvalue weighted by Crippen LogP contribution is 2.12. The van der Waals surface area contributed by atoms with Gasteiger partial charge in [-0.05, 0) is 19.1 Å². The normalized spacial score (nSPS) is 10.9. The van der Waals surface area contributed by atoms with Crippen molar-refractivity contribution < 1.29 is 9.53 Å². The van der Waals surface area contributed by atoms with Gasteiger partial charge in [-0.25, -0.2) is 4.79 Å². The van der Waals surface area contributed by atoms with Crippen LogP contribution in [0.25, 0.3) is 0 Å². The van der Waals surface area contributed by atoms with Crippen molar-refractivity contribution in [2.75, 3.05) is 26.5 Å². The molecular formula is C13H18N2O2. The molecule has 0 aliphatic heterocycles. The second-order valence-electron chi connectivity index (χ2n) is 3.99. The van der Waals surface area contributed by atoms with Crippen LogP contribution in [-0.2, 0) is 9.53 Å². The van der Waals surface area contributed by atoms with Gasteiger partial charge in [-0.3, -0.25) is 0 Å². The van der Waals surface area contributed by atoms with Crippen LogP contribution in [0.5, 0.6) is 0 Å². The van der Waals surface area contributed by atoms with E-state index in [9.17, 15) is 4.79 Å². The van der Waals surface area contributed by atoms with Gasteiger partial charge < -0.3 is 15.0 Å². The van der Waals surface area contributed by atoms with Crippen molar-refractivity contribution in [3.63, 3.8) is 0 Å². The predicted molar refractivity (Wildman–Crippen MR) is 68.6 cm³/mol. The van der Waals surface area contributed by atoms with Crippen molar-refractivity contribution >= 4 is 11.7 Å². The maximum Gasteiger partial charge on any atom is 0.355 e. The van der Waals surface area contributed by atoms with Gasteiger partial charge in [0.25, 0.3) is 0 Å². The summed E-state index contributed by atoms with van der Waals surface area (Å²) in [5.74, 6) is -0.390. The number of esters is 1. The van der Waals surface area contributed by atoms with E-state index < -0.39 is 0 Å². The zero-order valence-corrected chi connectivity index (χ0v) is 10.7. The molecular weight excluding hydrogens is 216 g/mol. The Labute approximate surface area is 102 Å². The minimum absolute atomic E-state index is 0.390. The first-order chi connectivity index (χ1) is 8.02. The summed E-state index contributed by atoms with van der Waals surface area (Å²) < 4.78 is 4.71. The minimum Gasteiger partial charge on any atom is -0.464 e. The molecule has 0 fully saturated rings. The molecule has 0 amide bonds. The van der Waals surface area contributed by atoms with E-state index in [4.69, 9.17) is 4.74 Å². The lowest BCUT2D eigenvalue weighted by atomic mass is 10.2. The highest BCUT2D eigenvalue weighted by atomic mass is 16.5. The first-order valence-electron chi connectivity index (χ1n) is 5.33. The van der Waals surface area contributed by atoms with Crippen molar-refractivity contribution in [3.8, 4) is 0 Å². The van der Waals surface area contributed by atoms with E-state index in [1.807, 2.05) is 45.3 Å². The van der Waals surface area contributed by atoms with Crippen molar-refractivity contribution in [2.45, 2.75) is 6.92 Å². The van der Waals surface area contributed by atoms with E-state index in [0.717, 1.165) is 5.69 Å². The van der Waals surface area contributed by atoms with Gasteiger partial charge in [0.05, 0.1) is 7.11 Å². The maximum absolute atomic E-state index is 11.5. The summed E-state index contributed by atoms with van der Waals surface area (Å²) in [6.45, 7) is 2.01. The molecule has 1 aromatic rings. The number of methoxy groups -OCH3 is 1. The summed E-state index contributed by atoms with van der Waals surface area (Å²) in [7, 11) is 5.06. The number of rotatable bonds is 4. The molecule has 0 unspecified atom stereocenters. The first kappa shape index (κ1) is 13.1. The lowest BCUT2D eigenvalue weighted by Crippen LogP contribution is -2.17. The topological polar surface area (TPSA) is 41.6 Å². The second kappa shape index (κ2) is 5.94. The van der Waals surface area contributed by atoms with Gasteiger partial charge in [0.2, 0.25) is 0 Å². The third-order valence-corrected chi connectivity index (χ3v) is 2.12. The number of carbonyl (C=O) groups excluding carboxylic acids is 1. The van der Waals surface area contributed by atoms with Crippen LogP contribution in [0.15, 0.2) is 36.2 Å². The van der Waals surface area contributed by atoms with Gasteiger partial charge in [0.1, 0.15) is 5.70 Å². The third kappa shape index (κ3) is 4.18. The van der Waals surface area contributed by atoms with E-state index >= 15 is 0 Å². The van der Waals surface area contributed by atoms with Crippen molar-refractivity contribution in [1.29, 1.82) is 0 Å². The lowest BCUT2D eigenvalue weighted by molar-refractivity contribution is -0.136. The highest BCUT2D eigenvalue weighted by molar-refractivity contribution is 5.91. The Bertz CT molecular complexity index is 408. The Kier molecular flexibility index (Phi) is 4.57. The van der Waals surface area contributed by atoms with E-state index in [1.54, 1.807) is 11.1 Å². The molecule has 1 N–H and O–H groups in total. The van der Waals surface area contributed by atoms with Crippen LogP contribution in [-0.4, -0.2) is 32.1 Å². The van der Waals surface area contributed by atoms with Gasteiger partial charge in [0.15, 0.2) is 0 Å². The number of aryl methyl sites for hydroxylation is 1. The molecule has 0 heterocycles. The van der Waals surface area contributed by atoms with Crippen LogP contribution in [0.1, 0.15) is 5.56 Å². The molecule has 0 spiro atoms. The summed E-state index contributed by atoms with van der Waals surface area (Å²) >= 11 is 0. The molecule has 0 aromatic heterocycles. The minimum atomic E-state index is -0.390. The van der Waals surface area contributed by atoms with E-state index in [0.29, 0.717) is 5.70 Å². The molecule has 1 rings (SSSR count). The third-order valence-electron chi connectivity index (χ3n) is 2.12. The predicted octanol–water partition coefficient (Wildman–Crippen LogP) is 1.98. The number of anilines is 1. The molecule has 1 aromatic carbocycles. The molecule has 4 heteroatoms. The largest absolute Gasteiger partial charge is 0.464 e. The molecule has 0 aliphatic carbocycles. The number of ether oxygens (including phenoxy) is 1. The molecule has 17 heavy (non-hydrogen) atoms. The Balaban J connectivity index is 2.87. The molecule has 0 saturated carbocycles. The quantitative estimate of drug-likeness (QED) is 0.639. The Morgan fingerprint density at radius 1 is 1.29 bits per heavy atom. The number of nitrogens with one attached hydrogen (secondary N) is 1. The van der Waals surface area contributed by atoms with Gasteiger partial charge in [0, 0.05) is 26.0 Å². The number of nitrogens with zero attached hydrogens (tertiary/aromatic N) is 1. The number of hydrogen-bond donors (Lipinski definition) is 1. The second-order valence-corrected chi connectivity index (χ2v) is 3.99. The maximum atomic E-state index is 11.5. The van der Waals surface area contributed by atoms with Crippen LogP contribution < -0.4 is 5.32 Å². The Morgan fingerprint density at radius 3 is 2.35 bits per heavy atom. The molecule has 0 radical (unpaired) electrons. The van der Waals surface area contributed by atoms with Crippen molar-refractivity contribution in [2.24, 2.45) is 0 Å². The molecule has 0 atom stereocenters. The van der Waals surface area contributed by atoms with E-state index in [-0.39, 0.29) is 5.97 Å². The van der Waals surface area contributed by atoms with E-state index in [2.05, 4.69) is 5.32 Å². The standard InChI is InChI=1S/C13H18N2O2/c1-10-5-7-11(8-6-10)14-12(9-15(2)3)13(16)17-4/h5-9,14H,1-4H3/b12-9-. The van der Waals surface area contributed by atoms with Gasteiger partial charge in [-0.15, -0.1) is 0 Å². The van der Waals surface area contributed by atoms with Crippen molar-refractivity contribution in [3.05, 3.63) is 41.7 Å². The number of hydrogen-bond acceptors (Lipinski definition) is 4. The molecule has 0 bridgehead atoms. The average Bonchev–Trinajstić information content (AvgIpc) is 2.29. The summed E-state index contributed by atoms with van der Waals surface area (Å²) in [5, 5.41) is 3.03. The zero-order chi connectivity index (χ0) is 12.8. The monoisotopic (exact) mass is 234 g/mol. The Hall–Kier alpha value is -1.97. The van der Waals surface area contributed by atoms with E-state index in [1.165, 1.54) is 12.7 Å². The average molecular weight is 234 g/mol. The molecule has 0 saturated heterocycles. The fourth-order valence-electron chi connectivity index (χ4n) is 1.30. The van der Waals surface area contributed by atoms with Crippen LogP contribution in [0, 0.1) is 6.92 Å². The van der Waals surface area contributed by atoms with Gasteiger partial charge in [-0.1, -0.05) is 17.7 Å². The molecule has 0 aliphatic rings. The summed E-state index contributed by atoms with van der Waals surface area (Å²) in [4.78, 5) is 13.3. The number of benzene rings is 1. The molecule has 92 valence electrons. The zero-order valence-electron chi connectivity index (χ0n) is 10.7. The van der Waals surface area contributed by atoms with Crippen molar-refractivity contribution in [1.82, 2.24) is 4.90 Å². The summed E-state index contributed by atoms with van der Waals surface area (Å²) in [6, 6.07) is 7.79. The van der Waals surface area contributed by atoms with Gasteiger partial charge >= 0.3 is 5.97 Å². The summed E-state index contributed by atoms with van der Waals surface area (Å²) in [5.41, 5.74) is 2.43. The summed E-state index contributed by atoms with van der Waals surface area (Å²) in [6.07, 6.45) is 1.69. The Morgan fingerprint density at radius 2 is 1.88 bits per heavy atom. The van der Waals surface area contributed by atoms with Gasteiger partial charge in [-0.2, -0.15) is 0 Å². The van der Waals surface area contributed by atoms with Crippen LogP contribution in [0.4, 0.5) is 5.69 Å². The first-order valence-corrected chi connectivity index (χ1v) is 5.33. The van der Waals surface area contributed by atoms with Crippen LogP contribution in [0.3, 0.4) is 0 Å². The highest BCUT2D eigenvalue weighted by Gasteiger charge is 2.09. The number of carbonyl (C=O) groups is 1.